The summed E-state index contributed by atoms with van der Waals surface area (Å²) in [6.45, 7) is 1.78. The summed E-state index contributed by atoms with van der Waals surface area (Å²) in [5, 5.41) is 3.18. The van der Waals surface area contributed by atoms with Crippen LogP contribution in [0.5, 0.6) is 0 Å². The van der Waals surface area contributed by atoms with E-state index in [1.807, 2.05) is 77.7 Å². The molecule has 3 aromatic rings. The van der Waals surface area contributed by atoms with Gasteiger partial charge in [0.25, 0.3) is 0 Å². The average molecular weight is 439 g/mol. The number of hydrogen-bond acceptors (Lipinski definition) is 2. The minimum absolute atomic E-state index is 0.00549. The van der Waals surface area contributed by atoms with Gasteiger partial charge in [-0.3, -0.25) is 9.59 Å². The van der Waals surface area contributed by atoms with Crippen molar-refractivity contribution in [3.8, 4) is 0 Å². The van der Waals surface area contributed by atoms with Crippen LogP contribution in [-0.2, 0) is 9.59 Å². The summed E-state index contributed by atoms with van der Waals surface area (Å²) < 4.78 is 0. The number of carbonyl (C=O) groups excluding carboxylic acids is 2. The summed E-state index contributed by atoms with van der Waals surface area (Å²) in [6, 6.07) is 30.4. The summed E-state index contributed by atoms with van der Waals surface area (Å²) >= 11 is 0. The molecule has 0 aromatic heterocycles. The van der Waals surface area contributed by atoms with E-state index in [1.165, 1.54) is 11.1 Å². The van der Waals surface area contributed by atoms with Crippen molar-refractivity contribution < 1.29 is 9.59 Å². The minimum Gasteiger partial charge on any atom is -0.355 e. The van der Waals surface area contributed by atoms with Gasteiger partial charge in [0.15, 0.2) is 0 Å². The first-order valence-corrected chi connectivity index (χ1v) is 11.6. The Bertz CT molecular complexity index is 1020. The number of rotatable bonds is 7. The number of likely N-dealkylation sites (tertiary alicyclic amines) is 1. The molecule has 33 heavy (non-hydrogen) atoms. The van der Waals surface area contributed by atoms with Crippen molar-refractivity contribution in [2.45, 2.75) is 18.8 Å². The monoisotopic (exact) mass is 438 g/mol. The van der Waals surface area contributed by atoms with E-state index >= 15 is 0 Å². The van der Waals surface area contributed by atoms with Gasteiger partial charge in [0.2, 0.25) is 11.8 Å². The minimum atomic E-state index is -0.0562. The van der Waals surface area contributed by atoms with Crippen LogP contribution < -0.4 is 5.32 Å². The first-order chi connectivity index (χ1) is 16.2. The van der Waals surface area contributed by atoms with E-state index < -0.39 is 0 Å². The fourth-order valence-electron chi connectivity index (χ4n) is 4.34. The summed E-state index contributed by atoms with van der Waals surface area (Å²) in [5.41, 5.74) is 3.38. The lowest BCUT2D eigenvalue weighted by Crippen LogP contribution is -2.43. The Morgan fingerprint density at radius 1 is 0.818 bits per heavy atom. The van der Waals surface area contributed by atoms with Crippen LogP contribution in [0.2, 0.25) is 0 Å². The van der Waals surface area contributed by atoms with Crippen molar-refractivity contribution in [3.05, 3.63) is 114 Å². The number of amides is 2. The van der Waals surface area contributed by atoms with E-state index in [2.05, 4.69) is 29.6 Å². The highest BCUT2D eigenvalue weighted by Crippen LogP contribution is 2.24. The van der Waals surface area contributed by atoms with Gasteiger partial charge in [0, 0.05) is 37.5 Å². The molecule has 1 aliphatic heterocycles. The lowest BCUT2D eigenvalue weighted by Gasteiger charge is -2.31. The van der Waals surface area contributed by atoms with E-state index in [1.54, 1.807) is 6.08 Å². The van der Waals surface area contributed by atoms with Gasteiger partial charge in [0.1, 0.15) is 0 Å². The number of hydrogen-bond donors (Lipinski definition) is 1. The Balaban J connectivity index is 1.30. The highest BCUT2D eigenvalue weighted by atomic mass is 16.2. The van der Waals surface area contributed by atoms with Gasteiger partial charge in [-0.25, -0.2) is 0 Å². The molecule has 0 unspecified atom stereocenters. The maximum atomic E-state index is 12.9. The second kappa shape index (κ2) is 11.3. The Morgan fingerprint density at radius 3 is 1.88 bits per heavy atom. The summed E-state index contributed by atoms with van der Waals surface area (Å²) in [4.78, 5) is 27.3. The molecule has 0 spiro atoms. The van der Waals surface area contributed by atoms with Crippen LogP contribution in [0, 0.1) is 5.92 Å². The van der Waals surface area contributed by atoms with Crippen molar-refractivity contribution >= 4 is 17.9 Å². The highest BCUT2D eigenvalue weighted by molar-refractivity contribution is 5.92. The molecule has 1 saturated heterocycles. The molecule has 2 amide bonds. The van der Waals surface area contributed by atoms with Gasteiger partial charge in [-0.2, -0.15) is 0 Å². The lowest BCUT2D eigenvalue weighted by molar-refractivity contribution is -0.132. The molecule has 0 atom stereocenters. The van der Waals surface area contributed by atoms with Gasteiger partial charge in [-0.1, -0.05) is 91.0 Å². The van der Waals surface area contributed by atoms with Gasteiger partial charge < -0.3 is 10.2 Å². The standard InChI is InChI=1S/C29H30N2O2/c32-28(17-16-23-10-4-1-5-11-23)31-20-18-26(19-21-31)29(33)30-22-27(24-12-6-2-7-13-24)25-14-8-3-9-15-25/h1-17,26-27H,18-22H2,(H,30,33)/b17-16+. The lowest BCUT2D eigenvalue weighted by atomic mass is 9.90. The zero-order valence-corrected chi connectivity index (χ0v) is 18.8. The van der Waals surface area contributed by atoms with E-state index in [0.29, 0.717) is 32.5 Å². The second-order valence-corrected chi connectivity index (χ2v) is 8.46. The predicted molar refractivity (Wildman–Crippen MR) is 133 cm³/mol. The maximum Gasteiger partial charge on any atom is 0.246 e. The molecule has 4 nitrogen and oxygen atoms in total. The molecule has 3 aromatic carbocycles. The molecule has 1 N–H and O–H groups in total. The molecule has 1 fully saturated rings. The van der Waals surface area contributed by atoms with E-state index in [0.717, 1.165) is 5.56 Å². The van der Waals surface area contributed by atoms with Crippen LogP contribution in [0.1, 0.15) is 35.4 Å². The number of benzene rings is 3. The van der Waals surface area contributed by atoms with Gasteiger partial charge >= 0.3 is 0 Å². The number of piperidine rings is 1. The molecule has 1 heterocycles. The Labute approximate surface area is 195 Å². The third-order valence-electron chi connectivity index (χ3n) is 6.28. The first kappa shape index (κ1) is 22.5. The van der Waals surface area contributed by atoms with Crippen molar-refractivity contribution in [2.24, 2.45) is 5.92 Å². The van der Waals surface area contributed by atoms with Crippen LogP contribution in [-0.4, -0.2) is 36.3 Å². The Kier molecular flexibility index (Phi) is 7.70. The zero-order chi connectivity index (χ0) is 22.9. The third kappa shape index (κ3) is 6.19. The molecular formula is C29H30N2O2. The van der Waals surface area contributed by atoms with E-state index in [-0.39, 0.29) is 23.7 Å². The molecule has 0 saturated carbocycles. The summed E-state index contributed by atoms with van der Waals surface area (Å²) in [5.74, 6) is 0.144. The molecular weight excluding hydrogens is 408 g/mol. The largest absolute Gasteiger partial charge is 0.355 e. The summed E-state index contributed by atoms with van der Waals surface area (Å²) in [7, 11) is 0. The quantitative estimate of drug-likeness (QED) is 0.534. The van der Waals surface area contributed by atoms with Crippen molar-refractivity contribution in [1.29, 1.82) is 0 Å². The average Bonchev–Trinajstić information content (AvgIpc) is 2.89. The fourth-order valence-corrected chi connectivity index (χ4v) is 4.34. The van der Waals surface area contributed by atoms with Crippen LogP contribution >= 0.6 is 0 Å². The van der Waals surface area contributed by atoms with Crippen molar-refractivity contribution in [2.75, 3.05) is 19.6 Å². The molecule has 0 aliphatic carbocycles. The SMILES string of the molecule is O=C(NCC(c1ccccc1)c1ccccc1)C1CCN(C(=O)/C=C/c2ccccc2)CC1. The highest BCUT2D eigenvalue weighted by Gasteiger charge is 2.27. The fraction of sp³-hybridized carbons (Fsp3) is 0.241. The molecule has 4 heteroatoms. The van der Waals surface area contributed by atoms with Crippen LogP contribution in [0.25, 0.3) is 6.08 Å². The number of nitrogens with one attached hydrogen (secondary N) is 1. The zero-order valence-electron chi connectivity index (χ0n) is 18.8. The van der Waals surface area contributed by atoms with Crippen molar-refractivity contribution in [1.82, 2.24) is 10.2 Å². The van der Waals surface area contributed by atoms with Gasteiger partial charge in [-0.15, -0.1) is 0 Å². The Hall–Kier alpha value is -3.66. The predicted octanol–water partition coefficient (Wildman–Crippen LogP) is 4.89. The molecule has 0 bridgehead atoms. The Morgan fingerprint density at radius 2 is 1.33 bits per heavy atom. The first-order valence-electron chi connectivity index (χ1n) is 11.6. The summed E-state index contributed by atoms with van der Waals surface area (Å²) in [6.07, 6.45) is 4.85. The van der Waals surface area contributed by atoms with Crippen LogP contribution in [0.4, 0.5) is 0 Å². The normalized spacial score (nSPS) is 14.5. The molecule has 0 radical (unpaired) electrons. The van der Waals surface area contributed by atoms with Gasteiger partial charge in [-0.05, 0) is 35.6 Å². The third-order valence-corrected chi connectivity index (χ3v) is 6.28. The maximum absolute atomic E-state index is 12.9. The topological polar surface area (TPSA) is 49.4 Å². The molecule has 168 valence electrons. The number of carbonyl (C=O) groups is 2. The van der Waals surface area contributed by atoms with Crippen molar-refractivity contribution in [3.63, 3.8) is 0 Å². The molecule has 4 rings (SSSR count). The smallest absolute Gasteiger partial charge is 0.246 e. The second-order valence-electron chi connectivity index (χ2n) is 8.46. The van der Waals surface area contributed by atoms with Crippen LogP contribution in [0.3, 0.4) is 0 Å². The molecule has 1 aliphatic rings. The number of nitrogens with zero attached hydrogens (tertiary/aromatic N) is 1. The van der Waals surface area contributed by atoms with Gasteiger partial charge in [0.05, 0.1) is 0 Å². The van der Waals surface area contributed by atoms with Crippen LogP contribution in [0.15, 0.2) is 97.1 Å². The van der Waals surface area contributed by atoms with E-state index in [4.69, 9.17) is 0 Å². The van der Waals surface area contributed by atoms with E-state index in [9.17, 15) is 9.59 Å².